The molecule has 0 aromatic heterocycles. The highest BCUT2D eigenvalue weighted by molar-refractivity contribution is 6.42. The fraction of sp³-hybridized carbons (Fsp3) is 0.300. The first-order valence-electron chi connectivity index (χ1n) is 4.62. The monoisotopic (exact) mass is 263 g/mol. The number of amides is 1. The van der Waals surface area contributed by atoms with E-state index in [1.54, 1.807) is 6.07 Å². The summed E-state index contributed by atoms with van der Waals surface area (Å²) in [6, 6.07) is 4.59. The topological polar surface area (TPSA) is 60.8 Å². The lowest BCUT2D eigenvalue weighted by Crippen LogP contribution is -2.30. The second-order valence-corrected chi connectivity index (χ2v) is 3.92. The summed E-state index contributed by atoms with van der Waals surface area (Å²) in [7, 11) is 0. The minimum Gasteiger partial charge on any atom is -0.465 e. The molecular formula is C10H11Cl2NO3. The van der Waals surface area contributed by atoms with E-state index in [0.29, 0.717) is 22.2 Å². The minimum absolute atomic E-state index is 0.0644. The molecule has 0 heterocycles. The number of aliphatic hydroxyl groups is 1. The Bertz CT molecular complexity index is 384. The summed E-state index contributed by atoms with van der Waals surface area (Å²) in [4.78, 5) is 12.1. The van der Waals surface area contributed by atoms with Crippen LogP contribution in [0.15, 0.2) is 18.2 Å². The Morgan fingerprint density at radius 3 is 2.50 bits per heavy atom. The van der Waals surface area contributed by atoms with Crippen molar-refractivity contribution in [3.8, 4) is 0 Å². The van der Waals surface area contributed by atoms with E-state index in [1.165, 1.54) is 12.1 Å². The smallest absolute Gasteiger partial charge is 0.411 e. The second-order valence-electron chi connectivity index (χ2n) is 3.11. The molecule has 0 aliphatic heterocycles. The molecule has 2 N–H and O–H groups in total. The molecule has 88 valence electrons. The van der Waals surface area contributed by atoms with Crippen LogP contribution in [0, 0.1) is 0 Å². The van der Waals surface area contributed by atoms with Gasteiger partial charge in [0.25, 0.3) is 0 Å². The maximum Gasteiger partial charge on any atom is 0.411 e. The average molecular weight is 264 g/mol. The Morgan fingerprint density at radius 1 is 1.31 bits per heavy atom. The van der Waals surface area contributed by atoms with Crippen LogP contribution in [0.1, 0.15) is 6.42 Å². The molecule has 1 aromatic carbocycles. The van der Waals surface area contributed by atoms with Crippen molar-refractivity contribution in [1.82, 2.24) is 0 Å². The predicted molar refractivity (Wildman–Crippen MR) is 63.5 cm³/mol. The fourth-order valence-corrected chi connectivity index (χ4v) is 1.51. The number of anilines is 1. The third kappa shape index (κ3) is 3.27. The van der Waals surface area contributed by atoms with E-state index < -0.39 is 6.09 Å². The summed E-state index contributed by atoms with van der Waals surface area (Å²) in [5, 5.41) is 18.3. The first-order valence-corrected chi connectivity index (χ1v) is 5.38. The molecule has 0 atom stereocenters. The highest BCUT2D eigenvalue weighted by Gasteiger charge is 2.14. The number of halogens is 2. The van der Waals surface area contributed by atoms with Gasteiger partial charge in [0.05, 0.1) is 10.0 Å². The normalized spacial score (nSPS) is 10.2. The molecule has 0 fully saturated rings. The van der Waals surface area contributed by atoms with Gasteiger partial charge >= 0.3 is 6.09 Å². The maximum atomic E-state index is 11.0. The van der Waals surface area contributed by atoms with Gasteiger partial charge in [0, 0.05) is 18.8 Å². The summed E-state index contributed by atoms with van der Waals surface area (Å²) >= 11 is 11.5. The van der Waals surface area contributed by atoms with Crippen molar-refractivity contribution in [2.45, 2.75) is 6.42 Å². The van der Waals surface area contributed by atoms with Crippen LogP contribution >= 0.6 is 23.2 Å². The maximum absolute atomic E-state index is 11.0. The van der Waals surface area contributed by atoms with Crippen molar-refractivity contribution in [2.24, 2.45) is 0 Å². The molecule has 6 heteroatoms. The molecule has 0 saturated heterocycles. The standard InChI is InChI=1S/C10H11Cl2NO3/c11-8-3-2-7(6-9(8)12)13(10(15)16)4-1-5-14/h2-3,6,14H,1,4-5H2,(H,15,16). The zero-order chi connectivity index (χ0) is 12.1. The summed E-state index contributed by atoms with van der Waals surface area (Å²) in [6.07, 6.45) is -0.723. The van der Waals surface area contributed by atoms with Crippen molar-refractivity contribution in [1.29, 1.82) is 0 Å². The van der Waals surface area contributed by atoms with Crippen molar-refractivity contribution in [2.75, 3.05) is 18.1 Å². The van der Waals surface area contributed by atoms with Crippen molar-refractivity contribution < 1.29 is 15.0 Å². The van der Waals surface area contributed by atoms with Crippen LogP contribution in [0.2, 0.25) is 10.0 Å². The van der Waals surface area contributed by atoms with Gasteiger partial charge in [-0.05, 0) is 24.6 Å². The second kappa shape index (κ2) is 5.94. The van der Waals surface area contributed by atoms with Crippen LogP contribution < -0.4 is 4.90 Å². The molecule has 0 aliphatic rings. The van der Waals surface area contributed by atoms with E-state index in [-0.39, 0.29) is 13.2 Å². The molecule has 0 unspecified atom stereocenters. The summed E-state index contributed by atoms with van der Waals surface area (Å²) < 4.78 is 0. The molecule has 1 amide bonds. The van der Waals surface area contributed by atoms with E-state index in [2.05, 4.69) is 0 Å². The first-order chi connectivity index (χ1) is 7.56. The molecular weight excluding hydrogens is 253 g/mol. The fourth-order valence-electron chi connectivity index (χ4n) is 1.22. The van der Waals surface area contributed by atoms with Crippen LogP contribution in [-0.4, -0.2) is 29.5 Å². The molecule has 1 aromatic rings. The third-order valence-electron chi connectivity index (χ3n) is 1.99. The van der Waals surface area contributed by atoms with Gasteiger partial charge in [0.1, 0.15) is 0 Å². The van der Waals surface area contributed by atoms with Gasteiger partial charge in [-0.25, -0.2) is 4.79 Å². The van der Waals surface area contributed by atoms with E-state index >= 15 is 0 Å². The van der Waals surface area contributed by atoms with E-state index in [0.717, 1.165) is 4.90 Å². The third-order valence-corrected chi connectivity index (χ3v) is 2.72. The number of hydrogen-bond acceptors (Lipinski definition) is 2. The van der Waals surface area contributed by atoms with Gasteiger partial charge in [-0.3, -0.25) is 4.90 Å². The van der Waals surface area contributed by atoms with Gasteiger partial charge in [0.2, 0.25) is 0 Å². The van der Waals surface area contributed by atoms with Crippen molar-refractivity contribution in [3.63, 3.8) is 0 Å². The summed E-state index contributed by atoms with van der Waals surface area (Å²) in [5.41, 5.74) is 0.440. The first kappa shape index (κ1) is 13.1. The average Bonchev–Trinajstić information content (AvgIpc) is 2.23. The molecule has 0 spiro atoms. The Labute approximate surface area is 103 Å². The Hall–Kier alpha value is -0.970. The van der Waals surface area contributed by atoms with Crippen molar-refractivity contribution in [3.05, 3.63) is 28.2 Å². The number of aliphatic hydroxyl groups excluding tert-OH is 1. The highest BCUT2D eigenvalue weighted by Crippen LogP contribution is 2.27. The molecule has 1 rings (SSSR count). The SMILES string of the molecule is O=C(O)N(CCCO)c1ccc(Cl)c(Cl)c1. The van der Waals surface area contributed by atoms with E-state index in [1.807, 2.05) is 0 Å². The number of carbonyl (C=O) groups is 1. The van der Waals surface area contributed by atoms with Gasteiger partial charge in [-0.1, -0.05) is 23.2 Å². The van der Waals surface area contributed by atoms with Gasteiger partial charge in [0.15, 0.2) is 0 Å². The zero-order valence-corrected chi connectivity index (χ0v) is 9.87. The largest absolute Gasteiger partial charge is 0.465 e. The lowest BCUT2D eigenvalue weighted by molar-refractivity contribution is 0.200. The van der Waals surface area contributed by atoms with Crippen LogP contribution in [0.5, 0.6) is 0 Å². The minimum atomic E-state index is -1.09. The zero-order valence-electron chi connectivity index (χ0n) is 8.36. The van der Waals surface area contributed by atoms with Crippen LogP contribution in [0.4, 0.5) is 10.5 Å². The quantitative estimate of drug-likeness (QED) is 0.878. The molecule has 16 heavy (non-hydrogen) atoms. The van der Waals surface area contributed by atoms with Gasteiger partial charge in [-0.2, -0.15) is 0 Å². The molecule has 0 aliphatic carbocycles. The lowest BCUT2D eigenvalue weighted by atomic mass is 10.3. The van der Waals surface area contributed by atoms with Crippen LogP contribution in [0.25, 0.3) is 0 Å². The Kier molecular flexibility index (Phi) is 4.86. The lowest BCUT2D eigenvalue weighted by Gasteiger charge is -2.19. The van der Waals surface area contributed by atoms with Crippen LogP contribution in [-0.2, 0) is 0 Å². The summed E-state index contributed by atoms with van der Waals surface area (Å²) in [6.45, 7) is 0.148. The number of rotatable bonds is 4. The van der Waals surface area contributed by atoms with E-state index in [9.17, 15) is 4.79 Å². The Balaban J connectivity index is 2.92. The molecule has 4 nitrogen and oxygen atoms in total. The molecule has 0 saturated carbocycles. The number of nitrogens with zero attached hydrogens (tertiary/aromatic N) is 1. The van der Waals surface area contributed by atoms with E-state index in [4.69, 9.17) is 33.4 Å². The number of benzene rings is 1. The molecule has 0 radical (unpaired) electrons. The Morgan fingerprint density at radius 2 is 2.00 bits per heavy atom. The van der Waals surface area contributed by atoms with Crippen molar-refractivity contribution >= 4 is 35.0 Å². The highest BCUT2D eigenvalue weighted by atomic mass is 35.5. The van der Waals surface area contributed by atoms with Gasteiger partial charge in [-0.15, -0.1) is 0 Å². The number of carboxylic acid groups (broad SMARTS) is 1. The number of hydrogen-bond donors (Lipinski definition) is 2. The predicted octanol–water partition coefficient (Wildman–Crippen LogP) is 2.86. The van der Waals surface area contributed by atoms with Gasteiger partial charge < -0.3 is 10.2 Å². The molecule has 0 bridgehead atoms. The summed E-state index contributed by atoms with van der Waals surface area (Å²) in [5.74, 6) is 0. The van der Waals surface area contributed by atoms with Crippen LogP contribution in [0.3, 0.4) is 0 Å².